The van der Waals surface area contributed by atoms with E-state index in [1.807, 2.05) is 25.1 Å². The van der Waals surface area contributed by atoms with Gasteiger partial charge in [-0.3, -0.25) is 0 Å². The second-order valence-corrected chi connectivity index (χ2v) is 4.56. The SMILES string of the molecule is Cc1c2c(c(O)c3ccccc13)C(O)OC(O)C2. The molecule has 0 radical (unpaired) electrons. The van der Waals surface area contributed by atoms with Gasteiger partial charge in [-0.15, -0.1) is 0 Å². The molecule has 1 aliphatic rings. The van der Waals surface area contributed by atoms with Crippen LogP contribution in [0.15, 0.2) is 24.3 Å². The fourth-order valence-electron chi connectivity index (χ4n) is 2.64. The second-order valence-electron chi connectivity index (χ2n) is 4.56. The number of fused-ring (bicyclic) bond motifs is 2. The zero-order chi connectivity index (χ0) is 12.9. The Morgan fingerprint density at radius 2 is 1.83 bits per heavy atom. The summed E-state index contributed by atoms with van der Waals surface area (Å²) in [6.45, 7) is 1.92. The van der Waals surface area contributed by atoms with Crippen LogP contribution in [0.2, 0.25) is 0 Å². The minimum absolute atomic E-state index is 0.0330. The Hall–Kier alpha value is -1.62. The van der Waals surface area contributed by atoms with Gasteiger partial charge in [0, 0.05) is 11.8 Å². The van der Waals surface area contributed by atoms with Gasteiger partial charge in [0.05, 0.1) is 5.56 Å². The molecule has 94 valence electrons. The Kier molecular flexibility index (Phi) is 2.52. The van der Waals surface area contributed by atoms with E-state index in [1.165, 1.54) is 0 Å². The molecule has 1 heterocycles. The number of phenols is 1. The fourth-order valence-corrected chi connectivity index (χ4v) is 2.64. The lowest BCUT2D eigenvalue weighted by atomic mass is 9.90. The van der Waals surface area contributed by atoms with Crippen LogP contribution in [0.5, 0.6) is 5.75 Å². The number of phenolic OH excluding ortho intramolecular Hbond substituents is 1. The van der Waals surface area contributed by atoms with Crippen molar-refractivity contribution in [3.05, 3.63) is 41.0 Å². The van der Waals surface area contributed by atoms with Gasteiger partial charge in [-0.2, -0.15) is 0 Å². The van der Waals surface area contributed by atoms with E-state index in [-0.39, 0.29) is 12.2 Å². The minimum atomic E-state index is -1.29. The van der Waals surface area contributed by atoms with Crippen LogP contribution in [0.1, 0.15) is 23.0 Å². The number of ether oxygens (including phenoxy) is 1. The Morgan fingerprint density at radius 1 is 1.17 bits per heavy atom. The number of hydrogen-bond acceptors (Lipinski definition) is 4. The molecule has 0 saturated carbocycles. The summed E-state index contributed by atoms with van der Waals surface area (Å²) in [6, 6.07) is 7.45. The second kappa shape index (κ2) is 3.95. The summed E-state index contributed by atoms with van der Waals surface area (Å²) in [5.41, 5.74) is 2.09. The molecule has 3 N–H and O–H groups in total. The van der Waals surface area contributed by atoms with Gasteiger partial charge in [0.1, 0.15) is 5.75 Å². The van der Waals surface area contributed by atoms with Crippen LogP contribution in [0.3, 0.4) is 0 Å². The maximum Gasteiger partial charge on any atom is 0.188 e. The van der Waals surface area contributed by atoms with Crippen molar-refractivity contribution in [2.45, 2.75) is 25.9 Å². The van der Waals surface area contributed by atoms with Crippen LogP contribution >= 0.6 is 0 Å². The van der Waals surface area contributed by atoms with E-state index in [4.69, 9.17) is 4.74 Å². The van der Waals surface area contributed by atoms with Crippen molar-refractivity contribution >= 4 is 10.8 Å². The van der Waals surface area contributed by atoms with Crippen molar-refractivity contribution in [2.75, 3.05) is 0 Å². The highest BCUT2D eigenvalue weighted by Gasteiger charge is 2.30. The molecule has 1 aliphatic heterocycles. The van der Waals surface area contributed by atoms with E-state index in [9.17, 15) is 15.3 Å². The molecule has 0 bridgehead atoms. The monoisotopic (exact) mass is 246 g/mol. The maximum absolute atomic E-state index is 10.3. The number of rotatable bonds is 0. The van der Waals surface area contributed by atoms with Crippen molar-refractivity contribution in [3.8, 4) is 5.75 Å². The lowest BCUT2D eigenvalue weighted by molar-refractivity contribution is -0.219. The summed E-state index contributed by atoms with van der Waals surface area (Å²) in [7, 11) is 0. The maximum atomic E-state index is 10.3. The first-order chi connectivity index (χ1) is 8.59. The standard InChI is InChI=1S/C14H14O4/c1-7-8-4-2-3-5-9(8)13(16)12-10(7)6-11(15)18-14(12)17/h2-5,11,14-17H,6H2,1H3. The highest BCUT2D eigenvalue weighted by atomic mass is 16.7. The number of aryl methyl sites for hydroxylation is 1. The summed E-state index contributed by atoms with van der Waals surface area (Å²) in [5, 5.41) is 31.3. The molecule has 4 nitrogen and oxygen atoms in total. The third kappa shape index (κ3) is 1.50. The molecule has 2 aromatic carbocycles. The lowest BCUT2D eigenvalue weighted by Crippen LogP contribution is -2.26. The summed E-state index contributed by atoms with van der Waals surface area (Å²) in [4.78, 5) is 0. The van der Waals surface area contributed by atoms with Gasteiger partial charge in [0.15, 0.2) is 12.6 Å². The van der Waals surface area contributed by atoms with Crippen LogP contribution in [0.4, 0.5) is 0 Å². The first kappa shape index (κ1) is 11.5. The normalized spacial score (nSPS) is 23.1. The molecular formula is C14H14O4. The summed E-state index contributed by atoms with van der Waals surface area (Å²) in [6.07, 6.45) is -2.05. The van der Waals surface area contributed by atoms with Crippen molar-refractivity contribution in [3.63, 3.8) is 0 Å². The third-order valence-corrected chi connectivity index (χ3v) is 3.53. The molecule has 0 fully saturated rings. The van der Waals surface area contributed by atoms with Gasteiger partial charge in [-0.1, -0.05) is 24.3 Å². The molecule has 2 atom stereocenters. The predicted octanol–water partition coefficient (Wildman–Crippen LogP) is 1.74. The smallest absolute Gasteiger partial charge is 0.188 e. The number of aromatic hydroxyl groups is 1. The molecule has 0 aromatic heterocycles. The third-order valence-electron chi connectivity index (χ3n) is 3.53. The van der Waals surface area contributed by atoms with Crippen LogP contribution in [0.25, 0.3) is 10.8 Å². The van der Waals surface area contributed by atoms with E-state index in [2.05, 4.69) is 0 Å². The van der Waals surface area contributed by atoms with Gasteiger partial charge >= 0.3 is 0 Å². The highest BCUT2D eigenvalue weighted by molar-refractivity contribution is 5.93. The molecule has 0 aliphatic carbocycles. The summed E-state index contributed by atoms with van der Waals surface area (Å²) < 4.78 is 4.95. The number of aliphatic hydroxyl groups excluding tert-OH is 2. The van der Waals surface area contributed by atoms with E-state index in [0.29, 0.717) is 10.9 Å². The van der Waals surface area contributed by atoms with Crippen LogP contribution in [-0.2, 0) is 11.2 Å². The Labute approximate surface area is 104 Å². The Balaban J connectivity index is 2.40. The number of benzene rings is 2. The molecular weight excluding hydrogens is 232 g/mol. The zero-order valence-electron chi connectivity index (χ0n) is 9.92. The average Bonchev–Trinajstić information content (AvgIpc) is 2.35. The van der Waals surface area contributed by atoms with E-state index >= 15 is 0 Å². The van der Waals surface area contributed by atoms with Gasteiger partial charge in [0.25, 0.3) is 0 Å². The van der Waals surface area contributed by atoms with Gasteiger partial charge in [0.2, 0.25) is 0 Å². The molecule has 2 aromatic rings. The first-order valence-corrected chi connectivity index (χ1v) is 5.84. The average molecular weight is 246 g/mol. The van der Waals surface area contributed by atoms with Gasteiger partial charge in [-0.05, 0) is 23.4 Å². The quantitative estimate of drug-likeness (QED) is 0.662. The van der Waals surface area contributed by atoms with Crippen molar-refractivity contribution in [1.29, 1.82) is 0 Å². The van der Waals surface area contributed by atoms with Crippen LogP contribution in [0, 0.1) is 6.92 Å². The molecule has 0 amide bonds. The Morgan fingerprint density at radius 3 is 2.56 bits per heavy atom. The molecule has 3 rings (SSSR count). The predicted molar refractivity (Wildman–Crippen MR) is 66.1 cm³/mol. The zero-order valence-corrected chi connectivity index (χ0v) is 9.92. The van der Waals surface area contributed by atoms with E-state index in [1.54, 1.807) is 6.07 Å². The van der Waals surface area contributed by atoms with E-state index < -0.39 is 12.6 Å². The number of hydrogen-bond donors (Lipinski definition) is 3. The fraction of sp³-hybridized carbons (Fsp3) is 0.286. The van der Waals surface area contributed by atoms with Gasteiger partial charge < -0.3 is 20.1 Å². The lowest BCUT2D eigenvalue weighted by Gasteiger charge is -2.29. The number of aliphatic hydroxyl groups is 2. The molecule has 0 saturated heterocycles. The Bertz CT molecular complexity index is 621. The van der Waals surface area contributed by atoms with Crippen LogP contribution in [-0.4, -0.2) is 21.6 Å². The van der Waals surface area contributed by atoms with Crippen molar-refractivity contribution in [2.24, 2.45) is 0 Å². The minimum Gasteiger partial charge on any atom is -0.507 e. The van der Waals surface area contributed by atoms with Crippen molar-refractivity contribution in [1.82, 2.24) is 0 Å². The summed E-state index contributed by atoms with van der Waals surface area (Å²) in [5.74, 6) is 0.0330. The van der Waals surface area contributed by atoms with Crippen molar-refractivity contribution < 1.29 is 20.1 Å². The first-order valence-electron chi connectivity index (χ1n) is 5.84. The summed E-state index contributed by atoms with van der Waals surface area (Å²) >= 11 is 0. The molecule has 0 spiro atoms. The highest BCUT2D eigenvalue weighted by Crippen LogP contribution is 2.42. The molecule has 4 heteroatoms. The topological polar surface area (TPSA) is 69.9 Å². The van der Waals surface area contributed by atoms with Gasteiger partial charge in [-0.25, -0.2) is 0 Å². The van der Waals surface area contributed by atoms with E-state index in [0.717, 1.165) is 16.5 Å². The molecule has 2 unspecified atom stereocenters. The largest absolute Gasteiger partial charge is 0.507 e. The molecule has 18 heavy (non-hydrogen) atoms. The van der Waals surface area contributed by atoms with Crippen LogP contribution < -0.4 is 0 Å².